The Morgan fingerprint density at radius 3 is 2.59 bits per heavy atom. The van der Waals surface area contributed by atoms with Crippen LogP contribution in [0.2, 0.25) is 0 Å². The first-order chi connectivity index (χ1) is 12.9. The Kier molecular flexibility index (Phi) is 7.10. The molecule has 1 heterocycles. The lowest BCUT2D eigenvalue weighted by molar-refractivity contribution is -0.121. The predicted molar refractivity (Wildman–Crippen MR) is 101 cm³/mol. The number of carboxylic acids is 1. The zero-order chi connectivity index (χ0) is 19.8. The van der Waals surface area contributed by atoms with E-state index in [2.05, 4.69) is 15.7 Å². The normalized spacial score (nSPS) is 10.4. The van der Waals surface area contributed by atoms with Gasteiger partial charge in [-0.25, -0.2) is 9.48 Å². The Hall–Kier alpha value is -3.16. The lowest BCUT2D eigenvalue weighted by Gasteiger charge is -2.09. The number of rotatable bonds is 9. The third-order valence-electron chi connectivity index (χ3n) is 3.99. The second-order valence-electron chi connectivity index (χ2n) is 6.16. The highest BCUT2D eigenvalue weighted by molar-refractivity contribution is 5.91. The van der Waals surface area contributed by atoms with E-state index in [0.29, 0.717) is 36.5 Å². The summed E-state index contributed by atoms with van der Waals surface area (Å²) in [6.07, 6.45) is 3.21. The van der Waals surface area contributed by atoms with Crippen LogP contribution in [0.3, 0.4) is 0 Å². The molecule has 2 rings (SSSR count). The molecule has 8 heteroatoms. The first-order valence-corrected chi connectivity index (χ1v) is 8.87. The van der Waals surface area contributed by atoms with Gasteiger partial charge in [0.25, 0.3) is 0 Å². The summed E-state index contributed by atoms with van der Waals surface area (Å²) >= 11 is 0. The molecule has 0 unspecified atom stereocenters. The van der Waals surface area contributed by atoms with Crippen LogP contribution in [0.25, 0.3) is 5.69 Å². The third kappa shape index (κ3) is 5.67. The number of hydrogen-bond donors (Lipinski definition) is 3. The van der Waals surface area contributed by atoms with E-state index in [9.17, 15) is 14.4 Å². The molecule has 0 aliphatic heterocycles. The first kappa shape index (κ1) is 20.2. The van der Waals surface area contributed by atoms with Crippen LogP contribution in [0.15, 0.2) is 30.5 Å². The van der Waals surface area contributed by atoms with Gasteiger partial charge in [0.1, 0.15) is 5.56 Å². The average Bonchev–Trinajstić information content (AvgIpc) is 3.02. The number of carbonyl (C=O) groups excluding carboxylic acids is 2. The first-order valence-electron chi connectivity index (χ1n) is 8.87. The summed E-state index contributed by atoms with van der Waals surface area (Å²) in [5.41, 5.74) is 1.87. The van der Waals surface area contributed by atoms with Crippen LogP contribution in [0.5, 0.6) is 0 Å². The fourth-order valence-corrected chi connectivity index (χ4v) is 2.58. The quantitative estimate of drug-likeness (QED) is 0.626. The Morgan fingerprint density at radius 1 is 1.19 bits per heavy atom. The molecule has 0 radical (unpaired) electrons. The smallest absolute Gasteiger partial charge is 0.339 e. The van der Waals surface area contributed by atoms with Crippen molar-refractivity contribution in [1.82, 2.24) is 15.1 Å². The highest BCUT2D eigenvalue weighted by atomic mass is 16.4. The molecule has 2 aromatic rings. The molecule has 2 amide bonds. The van der Waals surface area contributed by atoms with E-state index in [1.165, 1.54) is 10.9 Å². The summed E-state index contributed by atoms with van der Waals surface area (Å²) < 4.78 is 1.51. The van der Waals surface area contributed by atoms with Crippen molar-refractivity contribution in [2.24, 2.45) is 0 Å². The standard InChI is InChI=1S/C19H24N4O4/c1-3-10-20-17(24)8-5-9-18(25)22-14-6-4-7-15(11-14)23-13(2)16(12-21-23)19(26)27/h4,6-7,11-12H,3,5,8-10H2,1-2H3,(H,20,24)(H,22,25)(H,26,27). The van der Waals surface area contributed by atoms with E-state index < -0.39 is 5.97 Å². The number of anilines is 1. The number of aromatic carboxylic acids is 1. The Labute approximate surface area is 157 Å². The Balaban J connectivity index is 1.95. The van der Waals surface area contributed by atoms with Gasteiger partial charge in [0.2, 0.25) is 11.8 Å². The monoisotopic (exact) mass is 372 g/mol. The summed E-state index contributed by atoms with van der Waals surface area (Å²) in [6, 6.07) is 6.99. The van der Waals surface area contributed by atoms with Crippen molar-refractivity contribution in [3.8, 4) is 5.69 Å². The highest BCUT2D eigenvalue weighted by Gasteiger charge is 2.14. The average molecular weight is 372 g/mol. The van der Waals surface area contributed by atoms with E-state index in [0.717, 1.165) is 6.42 Å². The predicted octanol–water partition coefficient (Wildman–Crippen LogP) is 2.51. The van der Waals surface area contributed by atoms with E-state index in [1.807, 2.05) is 6.92 Å². The molecule has 0 saturated heterocycles. The van der Waals surface area contributed by atoms with Crippen LogP contribution >= 0.6 is 0 Å². The summed E-state index contributed by atoms with van der Waals surface area (Å²) in [6.45, 7) is 4.30. The van der Waals surface area contributed by atoms with Crippen molar-refractivity contribution in [2.45, 2.75) is 39.5 Å². The van der Waals surface area contributed by atoms with Gasteiger partial charge in [0.05, 0.1) is 17.6 Å². The highest BCUT2D eigenvalue weighted by Crippen LogP contribution is 2.18. The fourth-order valence-electron chi connectivity index (χ4n) is 2.58. The van der Waals surface area contributed by atoms with Gasteiger partial charge in [0, 0.05) is 25.1 Å². The van der Waals surface area contributed by atoms with Gasteiger partial charge >= 0.3 is 5.97 Å². The van der Waals surface area contributed by atoms with Gasteiger partial charge in [0.15, 0.2) is 0 Å². The summed E-state index contributed by atoms with van der Waals surface area (Å²) in [7, 11) is 0. The van der Waals surface area contributed by atoms with Crippen LogP contribution in [-0.2, 0) is 9.59 Å². The van der Waals surface area contributed by atoms with Crippen molar-refractivity contribution in [2.75, 3.05) is 11.9 Å². The maximum absolute atomic E-state index is 12.1. The molecule has 0 saturated carbocycles. The van der Waals surface area contributed by atoms with E-state index in [1.54, 1.807) is 31.2 Å². The van der Waals surface area contributed by atoms with Crippen LogP contribution in [0, 0.1) is 6.92 Å². The van der Waals surface area contributed by atoms with Crippen molar-refractivity contribution < 1.29 is 19.5 Å². The summed E-state index contributed by atoms with van der Waals surface area (Å²) in [5.74, 6) is -1.26. The number of carboxylic acid groups (broad SMARTS) is 1. The van der Waals surface area contributed by atoms with E-state index >= 15 is 0 Å². The van der Waals surface area contributed by atoms with Crippen LogP contribution in [0.4, 0.5) is 5.69 Å². The van der Waals surface area contributed by atoms with Crippen molar-refractivity contribution in [3.63, 3.8) is 0 Å². The van der Waals surface area contributed by atoms with Gasteiger partial charge in [-0.3, -0.25) is 9.59 Å². The molecule has 0 aliphatic carbocycles. The molecule has 144 valence electrons. The Morgan fingerprint density at radius 2 is 1.93 bits per heavy atom. The lowest BCUT2D eigenvalue weighted by atomic mass is 10.2. The van der Waals surface area contributed by atoms with Gasteiger partial charge in [-0.2, -0.15) is 5.10 Å². The van der Waals surface area contributed by atoms with Gasteiger partial charge in [-0.15, -0.1) is 0 Å². The number of hydrogen-bond acceptors (Lipinski definition) is 4. The molecule has 27 heavy (non-hydrogen) atoms. The van der Waals surface area contributed by atoms with Gasteiger partial charge < -0.3 is 15.7 Å². The molecule has 3 N–H and O–H groups in total. The molecular weight excluding hydrogens is 348 g/mol. The third-order valence-corrected chi connectivity index (χ3v) is 3.99. The minimum atomic E-state index is -1.04. The second kappa shape index (κ2) is 9.51. The maximum Gasteiger partial charge on any atom is 0.339 e. The van der Waals surface area contributed by atoms with Crippen LogP contribution in [-0.4, -0.2) is 39.2 Å². The van der Waals surface area contributed by atoms with Crippen LogP contribution in [0.1, 0.15) is 48.7 Å². The van der Waals surface area contributed by atoms with Gasteiger partial charge in [-0.05, 0) is 38.0 Å². The minimum Gasteiger partial charge on any atom is -0.478 e. The molecule has 8 nitrogen and oxygen atoms in total. The largest absolute Gasteiger partial charge is 0.478 e. The SMILES string of the molecule is CCCNC(=O)CCCC(=O)Nc1cccc(-n2ncc(C(=O)O)c2C)c1. The summed E-state index contributed by atoms with van der Waals surface area (Å²) in [5, 5.41) is 18.8. The van der Waals surface area contributed by atoms with Gasteiger partial charge in [-0.1, -0.05) is 13.0 Å². The molecule has 0 aliphatic rings. The zero-order valence-corrected chi connectivity index (χ0v) is 15.5. The van der Waals surface area contributed by atoms with Crippen molar-refractivity contribution >= 4 is 23.5 Å². The van der Waals surface area contributed by atoms with E-state index in [4.69, 9.17) is 5.11 Å². The molecule has 0 fully saturated rings. The Bertz CT molecular complexity index is 829. The molecule has 1 aromatic heterocycles. The minimum absolute atomic E-state index is 0.0463. The number of carbonyl (C=O) groups is 3. The summed E-state index contributed by atoms with van der Waals surface area (Å²) in [4.78, 5) is 34.8. The van der Waals surface area contributed by atoms with Crippen LogP contribution < -0.4 is 10.6 Å². The number of nitrogens with one attached hydrogen (secondary N) is 2. The van der Waals surface area contributed by atoms with Crippen molar-refractivity contribution in [3.05, 3.63) is 41.7 Å². The molecule has 0 bridgehead atoms. The maximum atomic E-state index is 12.1. The molecule has 1 aromatic carbocycles. The number of aromatic nitrogens is 2. The second-order valence-corrected chi connectivity index (χ2v) is 6.16. The number of benzene rings is 1. The van der Waals surface area contributed by atoms with E-state index in [-0.39, 0.29) is 23.8 Å². The molecule has 0 spiro atoms. The fraction of sp³-hybridized carbons (Fsp3) is 0.368. The zero-order valence-electron chi connectivity index (χ0n) is 15.5. The lowest BCUT2D eigenvalue weighted by Crippen LogP contribution is -2.24. The number of nitrogens with zero attached hydrogens (tertiary/aromatic N) is 2. The topological polar surface area (TPSA) is 113 Å². The molecule has 0 atom stereocenters. The molecular formula is C19H24N4O4. The number of amides is 2. The van der Waals surface area contributed by atoms with Crippen molar-refractivity contribution in [1.29, 1.82) is 0 Å².